The lowest BCUT2D eigenvalue weighted by Gasteiger charge is -2.14. The fourth-order valence-electron chi connectivity index (χ4n) is 3.90. The molecule has 0 aliphatic rings. The number of carbonyl (C=O) groups excluding carboxylic acids is 2. The molecule has 0 bridgehead atoms. The average Bonchev–Trinajstić information content (AvgIpc) is 3.30. The molecule has 9 nitrogen and oxygen atoms in total. The number of fused-ring (bicyclic) bond motifs is 1. The third-order valence-corrected chi connectivity index (χ3v) is 6.51. The number of hydrogen-bond donors (Lipinski definition) is 2. The van der Waals surface area contributed by atoms with E-state index in [4.69, 9.17) is 23.2 Å². The first-order valence-corrected chi connectivity index (χ1v) is 13.0. The molecule has 5 rings (SSSR count). The number of aryl methyl sites for hydroxylation is 1. The van der Waals surface area contributed by atoms with Crippen LogP contribution in [0.15, 0.2) is 82.6 Å². The normalized spacial score (nSPS) is 11.2. The Hall–Kier alpha value is -4.12. The number of anilines is 1. The standard InChI is InChI=1S/C27H18BrCl2N7O2/c1-15-11-17(29)12-21(34-26(38)22-13-23(28)36-37(22)25-19(30)6-4-10-31-25)24(15)27(39)35-32-14-18-9-8-16-5-2-3-7-20(16)33-18/h2-14H,1H3,(H,34,38)(H,35,39)/b32-14+. The van der Waals surface area contributed by atoms with E-state index in [-0.39, 0.29) is 22.8 Å². The van der Waals surface area contributed by atoms with E-state index in [0.29, 0.717) is 25.9 Å². The summed E-state index contributed by atoms with van der Waals surface area (Å²) in [6.07, 6.45) is 2.98. The van der Waals surface area contributed by atoms with E-state index in [1.807, 2.05) is 30.3 Å². The lowest BCUT2D eigenvalue weighted by atomic mass is 10.1. The lowest BCUT2D eigenvalue weighted by molar-refractivity contribution is 0.0955. The number of nitrogens with zero attached hydrogens (tertiary/aromatic N) is 5. The van der Waals surface area contributed by atoms with Crippen molar-refractivity contribution in [2.24, 2.45) is 5.10 Å². The van der Waals surface area contributed by atoms with Gasteiger partial charge in [-0.05, 0) is 64.8 Å². The number of para-hydroxylation sites is 1. The van der Waals surface area contributed by atoms with Gasteiger partial charge in [0.1, 0.15) is 10.3 Å². The maximum atomic E-state index is 13.4. The van der Waals surface area contributed by atoms with E-state index in [1.165, 1.54) is 29.2 Å². The van der Waals surface area contributed by atoms with E-state index in [1.54, 1.807) is 31.2 Å². The molecule has 2 aromatic carbocycles. The Bertz CT molecular complexity index is 1770. The van der Waals surface area contributed by atoms with E-state index < -0.39 is 11.8 Å². The Balaban J connectivity index is 1.40. The molecular formula is C27H18BrCl2N7O2. The van der Waals surface area contributed by atoms with Crippen LogP contribution in [0, 0.1) is 6.92 Å². The molecule has 5 aromatic rings. The zero-order chi connectivity index (χ0) is 27.5. The first-order valence-electron chi connectivity index (χ1n) is 11.5. The zero-order valence-electron chi connectivity index (χ0n) is 20.2. The van der Waals surface area contributed by atoms with Crippen LogP contribution >= 0.6 is 39.1 Å². The summed E-state index contributed by atoms with van der Waals surface area (Å²) < 4.78 is 1.70. The highest BCUT2D eigenvalue weighted by atomic mass is 79.9. The summed E-state index contributed by atoms with van der Waals surface area (Å²) >= 11 is 15.8. The first-order chi connectivity index (χ1) is 18.8. The summed E-state index contributed by atoms with van der Waals surface area (Å²) in [4.78, 5) is 35.3. The average molecular weight is 623 g/mol. The third kappa shape index (κ3) is 5.83. The van der Waals surface area contributed by atoms with Crippen molar-refractivity contribution in [3.05, 3.63) is 110 Å². The van der Waals surface area contributed by atoms with Gasteiger partial charge < -0.3 is 5.32 Å². The summed E-state index contributed by atoms with van der Waals surface area (Å²) in [7, 11) is 0. The van der Waals surface area contributed by atoms with Gasteiger partial charge in [-0.15, -0.1) is 0 Å². The van der Waals surface area contributed by atoms with Crippen molar-refractivity contribution in [2.75, 3.05) is 5.32 Å². The molecule has 0 saturated carbocycles. The van der Waals surface area contributed by atoms with Gasteiger partial charge in [0.2, 0.25) is 0 Å². The van der Waals surface area contributed by atoms with Gasteiger partial charge in [0.05, 0.1) is 33.7 Å². The lowest BCUT2D eigenvalue weighted by Crippen LogP contribution is -2.24. The molecule has 0 saturated heterocycles. The maximum Gasteiger partial charge on any atom is 0.274 e. The Morgan fingerprint density at radius 3 is 2.67 bits per heavy atom. The molecule has 3 aromatic heterocycles. The second kappa shape index (κ2) is 11.3. The number of hydrazone groups is 1. The minimum atomic E-state index is -0.561. The van der Waals surface area contributed by atoms with Crippen molar-refractivity contribution in [3.8, 4) is 5.82 Å². The highest BCUT2D eigenvalue weighted by Crippen LogP contribution is 2.27. The number of halogens is 3. The number of rotatable bonds is 6. The van der Waals surface area contributed by atoms with E-state index >= 15 is 0 Å². The number of hydrogen-bond acceptors (Lipinski definition) is 6. The molecule has 0 aliphatic carbocycles. The van der Waals surface area contributed by atoms with Crippen molar-refractivity contribution < 1.29 is 9.59 Å². The van der Waals surface area contributed by atoms with Crippen LogP contribution < -0.4 is 10.7 Å². The summed E-state index contributed by atoms with van der Waals surface area (Å²) in [5.41, 5.74) is 4.94. The van der Waals surface area contributed by atoms with Crippen LogP contribution in [0.4, 0.5) is 5.69 Å². The predicted molar refractivity (Wildman–Crippen MR) is 155 cm³/mol. The SMILES string of the molecule is Cc1cc(Cl)cc(NC(=O)c2cc(Br)nn2-c2ncccc2Cl)c1C(=O)N/N=C/c1ccc2ccccc2n1. The third-order valence-electron chi connectivity index (χ3n) is 5.61. The smallest absolute Gasteiger partial charge is 0.274 e. The Kier molecular flexibility index (Phi) is 7.69. The van der Waals surface area contributed by atoms with Gasteiger partial charge in [0, 0.05) is 22.7 Å². The second-order valence-electron chi connectivity index (χ2n) is 8.30. The summed E-state index contributed by atoms with van der Waals surface area (Å²) in [6, 6.07) is 19.3. The summed E-state index contributed by atoms with van der Waals surface area (Å²) in [6.45, 7) is 1.71. The summed E-state index contributed by atoms with van der Waals surface area (Å²) in [5, 5.41) is 12.7. The molecule has 2 N–H and O–H groups in total. The molecule has 0 spiro atoms. The minimum absolute atomic E-state index is 0.131. The van der Waals surface area contributed by atoms with Crippen molar-refractivity contribution >= 4 is 73.8 Å². The van der Waals surface area contributed by atoms with Crippen LogP contribution in [0.2, 0.25) is 10.0 Å². The van der Waals surface area contributed by atoms with E-state index in [2.05, 4.69) is 46.8 Å². The van der Waals surface area contributed by atoms with Crippen LogP contribution in [0.25, 0.3) is 16.7 Å². The molecule has 0 unspecified atom stereocenters. The molecule has 194 valence electrons. The topological polar surface area (TPSA) is 114 Å². The fourth-order valence-corrected chi connectivity index (χ4v) is 4.75. The molecule has 12 heteroatoms. The molecule has 0 aliphatic heterocycles. The molecular weight excluding hydrogens is 605 g/mol. The number of benzene rings is 2. The monoisotopic (exact) mass is 621 g/mol. The Morgan fingerprint density at radius 2 is 1.85 bits per heavy atom. The van der Waals surface area contributed by atoms with Gasteiger partial charge in [-0.25, -0.2) is 20.1 Å². The van der Waals surface area contributed by atoms with Crippen molar-refractivity contribution in [2.45, 2.75) is 6.92 Å². The van der Waals surface area contributed by atoms with Crippen molar-refractivity contribution in [1.82, 2.24) is 25.2 Å². The minimum Gasteiger partial charge on any atom is -0.320 e. The van der Waals surface area contributed by atoms with Gasteiger partial charge in [0.25, 0.3) is 11.8 Å². The van der Waals surface area contributed by atoms with Crippen molar-refractivity contribution in [1.29, 1.82) is 0 Å². The van der Waals surface area contributed by atoms with Gasteiger partial charge in [0.15, 0.2) is 5.82 Å². The highest BCUT2D eigenvalue weighted by Gasteiger charge is 2.22. The molecule has 39 heavy (non-hydrogen) atoms. The van der Waals surface area contributed by atoms with Gasteiger partial charge in [-0.3, -0.25) is 9.59 Å². The predicted octanol–water partition coefficient (Wildman–Crippen LogP) is 6.21. The Morgan fingerprint density at radius 1 is 1.03 bits per heavy atom. The maximum absolute atomic E-state index is 13.4. The van der Waals surface area contributed by atoms with Crippen LogP contribution in [0.1, 0.15) is 32.1 Å². The molecule has 0 fully saturated rings. The number of pyridine rings is 2. The van der Waals surface area contributed by atoms with Gasteiger partial charge in [-0.2, -0.15) is 10.2 Å². The molecule has 0 radical (unpaired) electrons. The van der Waals surface area contributed by atoms with Crippen LogP contribution in [-0.2, 0) is 0 Å². The van der Waals surface area contributed by atoms with Gasteiger partial charge >= 0.3 is 0 Å². The number of nitrogens with one attached hydrogen (secondary N) is 2. The largest absolute Gasteiger partial charge is 0.320 e. The zero-order valence-corrected chi connectivity index (χ0v) is 23.3. The number of amides is 2. The van der Waals surface area contributed by atoms with Gasteiger partial charge in [-0.1, -0.05) is 47.5 Å². The van der Waals surface area contributed by atoms with Crippen LogP contribution in [-0.4, -0.2) is 37.8 Å². The number of aromatic nitrogens is 4. The molecule has 3 heterocycles. The van der Waals surface area contributed by atoms with E-state index in [0.717, 1.165) is 10.9 Å². The second-order valence-corrected chi connectivity index (χ2v) is 9.96. The number of carbonyl (C=O) groups is 2. The fraction of sp³-hybridized carbons (Fsp3) is 0.0370. The Labute approximate surface area is 241 Å². The first kappa shape index (κ1) is 26.5. The summed E-state index contributed by atoms with van der Waals surface area (Å²) in [5.74, 6) is -0.833. The van der Waals surface area contributed by atoms with E-state index in [9.17, 15) is 9.59 Å². The van der Waals surface area contributed by atoms with Crippen LogP contribution in [0.3, 0.4) is 0 Å². The highest BCUT2D eigenvalue weighted by molar-refractivity contribution is 9.10. The molecule has 2 amide bonds. The quantitative estimate of drug-likeness (QED) is 0.173. The van der Waals surface area contributed by atoms with Crippen molar-refractivity contribution in [3.63, 3.8) is 0 Å². The van der Waals surface area contributed by atoms with Crippen LogP contribution in [0.5, 0.6) is 0 Å². The molecule has 0 atom stereocenters.